The molecule has 1 amide bonds. The van der Waals surface area contributed by atoms with E-state index in [9.17, 15) is 4.79 Å². The quantitative estimate of drug-likeness (QED) is 0.900. The topological polar surface area (TPSA) is 32.3 Å². The maximum atomic E-state index is 12.4. The molecule has 0 saturated heterocycles. The molecule has 0 saturated carbocycles. The average Bonchev–Trinajstić information content (AvgIpc) is 2.48. The fraction of sp³-hybridized carbons (Fsp3) is 0.235. The number of rotatable bonds is 2. The molecule has 0 unspecified atom stereocenters. The lowest BCUT2D eigenvalue weighted by atomic mass is 10.0. The summed E-state index contributed by atoms with van der Waals surface area (Å²) in [6.07, 6.45) is 0.913. The predicted molar refractivity (Wildman–Crippen MR) is 82.6 cm³/mol. The van der Waals surface area contributed by atoms with Gasteiger partial charge in [-0.1, -0.05) is 37.3 Å². The van der Waals surface area contributed by atoms with Gasteiger partial charge in [-0.25, -0.2) is 0 Å². The van der Waals surface area contributed by atoms with Crippen molar-refractivity contribution in [2.75, 3.05) is 16.8 Å². The van der Waals surface area contributed by atoms with Crippen molar-refractivity contribution in [3.05, 3.63) is 53.6 Å². The Kier molecular flexibility index (Phi) is 3.18. The number of carbonyl (C=O) groups is 1. The van der Waals surface area contributed by atoms with Crippen molar-refractivity contribution in [2.45, 2.75) is 20.3 Å². The molecule has 0 bridgehead atoms. The van der Waals surface area contributed by atoms with Crippen molar-refractivity contribution < 1.29 is 4.79 Å². The summed E-state index contributed by atoms with van der Waals surface area (Å²) >= 11 is 0. The lowest BCUT2D eigenvalue weighted by Gasteiger charge is -2.32. The van der Waals surface area contributed by atoms with E-state index in [4.69, 9.17) is 0 Å². The Morgan fingerprint density at radius 3 is 2.75 bits per heavy atom. The van der Waals surface area contributed by atoms with Gasteiger partial charge in [0.1, 0.15) is 0 Å². The van der Waals surface area contributed by atoms with Gasteiger partial charge in [-0.2, -0.15) is 0 Å². The fourth-order valence-electron chi connectivity index (χ4n) is 2.77. The van der Waals surface area contributed by atoms with E-state index in [1.54, 1.807) is 0 Å². The zero-order chi connectivity index (χ0) is 14.1. The van der Waals surface area contributed by atoms with Crippen LogP contribution < -0.4 is 10.2 Å². The molecule has 3 heteroatoms. The molecule has 1 aliphatic rings. The Morgan fingerprint density at radius 2 is 1.95 bits per heavy atom. The minimum Gasteiger partial charge on any atom is -0.374 e. The fourth-order valence-corrected chi connectivity index (χ4v) is 2.77. The lowest BCUT2D eigenvalue weighted by Crippen LogP contribution is -2.37. The number of nitrogens with zero attached hydrogens (tertiary/aromatic N) is 1. The van der Waals surface area contributed by atoms with Crippen molar-refractivity contribution in [2.24, 2.45) is 0 Å². The number of nitrogens with one attached hydrogen (secondary N) is 1. The molecule has 0 atom stereocenters. The van der Waals surface area contributed by atoms with Gasteiger partial charge < -0.3 is 5.32 Å². The highest BCUT2D eigenvalue weighted by atomic mass is 16.2. The number of hydrogen-bond donors (Lipinski definition) is 1. The van der Waals surface area contributed by atoms with Crippen LogP contribution in [0.25, 0.3) is 0 Å². The first-order valence-corrected chi connectivity index (χ1v) is 6.96. The first-order valence-electron chi connectivity index (χ1n) is 6.96. The number of para-hydroxylation sites is 3. The Hall–Kier alpha value is -2.29. The average molecular weight is 266 g/mol. The van der Waals surface area contributed by atoms with Gasteiger partial charge in [0.25, 0.3) is 5.91 Å². The van der Waals surface area contributed by atoms with Gasteiger partial charge in [0.15, 0.2) is 0 Å². The predicted octanol–water partition coefficient (Wildman–Crippen LogP) is 3.65. The van der Waals surface area contributed by atoms with Crippen molar-refractivity contribution in [1.29, 1.82) is 0 Å². The molecule has 3 rings (SSSR count). The molecule has 20 heavy (non-hydrogen) atoms. The van der Waals surface area contributed by atoms with E-state index in [0.29, 0.717) is 6.54 Å². The first kappa shape index (κ1) is 12.7. The van der Waals surface area contributed by atoms with E-state index in [2.05, 4.69) is 37.4 Å². The van der Waals surface area contributed by atoms with Gasteiger partial charge in [0.05, 0.1) is 23.6 Å². The van der Waals surface area contributed by atoms with E-state index >= 15 is 0 Å². The summed E-state index contributed by atoms with van der Waals surface area (Å²) in [7, 11) is 0. The van der Waals surface area contributed by atoms with E-state index in [-0.39, 0.29) is 5.91 Å². The second kappa shape index (κ2) is 5.00. The number of carbonyl (C=O) groups excluding carboxylic acids is 1. The molecule has 2 aromatic carbocycles. The Bertz CT molecular complexity index is 664. The maximum Gasteiger partial charge on any atom is 0.250 e. The van der Waals surface area contributed by atoms with Crippen LogP contribution in [0.5, 0.6) is 0 Å². The molecule has 3 nitrogen and oxygen atoms in total. The molecule has 0 fully saturated rings. The lowest BCUT2D eigenvalue weighted by molar-refractivity contribution is -0.116. The third-order valence-corrected chi connectivity index (χ3v) is 3.75. The third kappa shape index (κ3) is 1.95. The van der Waals surface area contributed by atoms with Crippen LogP contribution in [0.2, 0.25) is 0 Å². The number of amides is 1. The number of anilines is 3. The molecule has 0 aromatic heterocycles. The first-order chi connectivity index (χ1) is 9.72. The minimum absolute atomic E-state index is 0.0905. The zero-order valence-corrected chi connectivity index (χ0v) is 11.8. The second-order valence-electron chi connectivity index (χ2n) is 5.04. The van der Waals surface area contributed by atoms with Crippen LogP contribution in [0.1, 0.15) is 18.1 Å². The summed E-state index contributed by atoms with van der Waals surface area (Å²) in [4.78, 5) is 14.3. The van der Waals surface area contributed by atoms with Gasteiger partial charge in [0, 0.05) is 0 Å². The van der Waals surface area contributed by atoms with Crippen LogP contribution in [0.3, 0.4) is 0 Å². The van der Waals surface area contributed by atoms with Gasteiger partial charge in [-0.05, 0) is 36.6 Å². The Labute approximate surface area is 119 Å². The normalized spacial score (nSPS) is 13.9. The summed E-state index contributed by atoms with van der Waals surface area (Å²) in [5, 5.41) is 3.18. The van der Waals surface area contributed by atoms with Gasteiger partial charge in [0.2, 0.25) is 0 Å². The molecule has 0 radical (unpaired) electrons. The molecule has 2 aromatic rings. The number of hydrogen-bond acceptors (Lipinski definition) is 2. The molecule has 1 N–H and O–H groups in total. The smallest absolute Gasteiger partial charge is 0.250 e. The SMILES string of the molecule is CCc1cccc(C)c1N1C(=O)CNc2ccccc21. The van der Waals surface area contributed by atoms with Crippen molar-refractivity contribution in [3.8, 4) is 0 Å². The van der Waals surface area contributed by atoms with Gasteiger partial charge in [-0.3, -0.25) is 9.69 Å². The summed E-state index contributed by atoms with van der Waals surface area (Å²) < 4.78 is 0. The number of aryl methyl sites for hydroxylation is 2. The number of benzene rings is 2. The maximum absolute atomic E-state index is 12.4. The summed E-state index contributed by atoms with van der Waals surface area (Å²) in [5.41, 5.74) is 5.32. The highest BCUT2D eigenvalue weighted by Gasteiger charge is 2.27. The molecule has 0 spiro atoms. The molecular formula is C17H18N2O. The number of fused-ring (bicyclic) bond motifs is 1. The molecule has 0 aliphatic carbocycles. The van der Waals surface area contributed by atoms with E-state index in [1.165, 1.54) is 5.56 Å². The highest BCUT2D eigenvalue weighted by Crippen LogP contribution is 2.38. The van der Waals surface area contributed by atoms with E-state index < -0.39 is 0 Å². The highest BCUT2D eigenvalue weighted by molar-refractivity contribution is 6.09. The summed E-state index contributed by atoms with van der Waals surface area (Å²) in [6, 6.07) is 14.2. The van der Waals surface area contributed by atoms with E-state index in [1.807, 2.05) is 29.2 Å². The van der Waals surface area contributed by atoms with Crippen LogP contribution in [-0.2, 0) is 11.2 Å². The van der Waals surface area contributed by atoms with Crippen molar-refractivity contribution in [1.82, 2.24) is 0 Å². The van der Waals surface area contributed by atoms with Crippen LogP contribution in [0.15, 0.2) is 42.5 Å². The minimum atomic E-state index is 0.0905. The molecule has 1 aliphatic heterocycles. The second-order valence-corrected chi connectivity index (χ2v) is 5.04. The van der Waals surface area contributed by atoms with Crippen LogP contribution >= 0.6 is 0 Å². The zero-order valence-electron chi connectivity index (χ0n) is 11.8. The third-order valence-electron chi connectivity index (χ3n) is 3.75. The van der Waals surface area contributed by atoms with Crippen LogP contribution in [0, 0.1) is 6.92 Å². The van der Waals surface area contributed by atoms with Gasteiger partial charge >= 0.3 is 0 Å². The monoisotopic (exact) mass is 266 g/mol. The summed E-state index contributed by atoms with van der Waals surface area (Å²) in [6.45, 7) is 4.53. The molecule has 1 heterocycles. The standard InChI is InChI=1S/C17H18N2O/c1-3-13-8-6-7-12(2)17(13)19-15-10-5-4-9-14(15)18-11-16(19)20/h4-10,18H,3,11H2,1-2H3. The largest absolute Gasteiger partial charge is 0.374 e. The van der Waals surface area contributed by atoms with Crippen LogP contribution in [0.4, 0.5) is 17.1 Å². The molecule has 102 valence electrons. The molecular weight excluding hydrogens is 248 g/mol. The Balaban J connectivity index is 2.22. The van der Waals surface area contributed by atoms with E-state index in [0.717, 1.165) is 29.0 Å². The Morgan fingerprint density at radius 1 is 1.15 bits per heavy atom. The van der Waals surface area contributed by atoms with Crippen molar-refractivity contribution in [3.63, 3.8) is 0 Å². The summed E-state index contributed by atoms with van der Waals surface area (Å²) in [5.74, 6) is 0.0905. The van der Waals surface area contributed by atoms with Crippen LogP contribution in [-0.4, -0.2) is 12.5 Å². The van der Waals surface area contributed by atoms with Crippen molar-refractivity contribution >= 4 is 23.0 Å². The van der Waals surface area contributed by atoms with Gasteiger partial charge in [-0.15, -0.1) is 0 Å².